The molecule has 20 heavy (non-hydrogen) atoms. The van der Waals surface area contributed by atoms with Crippen molar-refractivity contribution >= 4 is 84.9 Å². The van der Waals surface area contributed by atoms with Crippen molar-refractivity contribution in [3.05, 3.63) is 52.8 Å². The number of fused-ring (bicyclic) bond motifs is 3. The number of carbonyl (C=O) groups is 1. The zero-order valence-electron chi connectivity index (χ0n) is 9.56. The molecule has 3 rings (SSSR count). The fourth-order valence-electron chi connectivity index (χ4n) is 2.13. The van der Waals surface area contributed by atoms with Crippen LogP contribution in [-0.2, 0) is 4.29 Å². The Hall–Kier alpha value is -0.650. The first-order chi connectivity index (χ1) is 9.20. The van der Waals surface area contributed by atoms with Crippen LogP contribution in [0.25, 0.3) is 21.5 Å². The van der Waals surface area contributed by atoms with Crippen LogP contribution in [0.5, 0.6) is 0 Å². The Bertz CT molecular complexity index is 810. The molecule has 96 valence electrons. The second-order valence-corrected chi connectivity index (χ2v) is 5.09. The normalized spacial score (nSPS) is 10.3. The summed E-state index contributed by atoms with van der Waals surface area (Å²) in [5.74, 6) is -0.564. The molecule has 0 aliphatic heterocycles. The Kier molecular flexibility index (Phi) is 5.04. The molecule has 0 saturated carbocycles. The van der Waals surface area contributed by atoms with Gasteiger partial charge in [-0.1, -0.05) is 22.0 Å². The fraction of sp³-hybridized carbons (Fsp3) is 0. The summed E-state index contributed by atoms with van der Waals surface area (Å²) in [6.45, 7) is 0. The molecule has 6 heteroatoms. The van der Waals surface area contributed by atoms with Gasteiger partial charge in [0.05, 0.1) is 5.56 Å². The number of aromatic nitrogens is 1. The van der Waals surface area contributed by atoms with Crippen LogP contribution < -0.4 is 0 Å². The number of nitrogens with zero attached hydrogens (tertiary/aromatic N) is 1. The molecule has 0 radical (unpaired) electrons. The number of carbonyl (C=O) groups excluding carboxylic acids is 1. The minimum absolute atomic E-state index is 0. The van der Waals surface area contributed by atoms with E-state index in [4.69, 9.17) is 11.9 Å². The summed E-state index contributed by atoms with van der Waals surface area (Å²) in [5, 5.41) is 4.05. The molecule has 3 nitrogen and oxygen atoms in total. The van der Waals surface area contributed by atoms with E-state index in [1.807, 2.05) is 24.4 Å². The zero-order chi connectivity index (χ0) is 13.4. The van der Waals surface area contributed by atoms with Gasteiger partial charge in [0.15, 0.2) is 0 Å². The van der Waals surface area contributed by atoms with Crippen molar-refractivity contribution in [2.45, 2.75) is 0 Å². The van der Waals surface area contributed by atoms with Gasteiger partial charge in [0.1, 0.15) is 11.9 Å². The number of benzene rings is 2. The van der Waals surface area contributed by atoms with E-state index in [9.17, 15) is 4.79 Å². The molecule has 2 aromatic carbocycles. The third kappa shape index (κ3) is 2.71. The molecule has 0 bridgehead atoms. The van der Waals surface area contributed by atoms with Crippen LogP contribution in [0, 0.1) is 0 Å². The van der Waals surface area contributed by atoms with Gasteiger partial charge in [-0.2, -0.15) is 0 Å². The second-order valence-electron chi connectivity index (χ2n) is 4.08. The van der Waals surface area contributed by atoms with Gasteiger partial charge < -0.3 is 4.29 Å². The van der Waals surface area contributed by atoms with Gasteiger partial charge in [-0.25, -0.2) is 4.79 Å². The van der Waals surface area contributed by atoms with Gasteiger partial charge in [-0.15, -0.1) is 0 Å². The fourth-order valence-corrected chi connectivity index (χ4v) is 2.81. The molecule has 0 aliphatic rings. The Morgan fingerprint density at radius 2 is 1.95 bits per heavy atom. The first-order valence-electron chi connectivity index (χ1n) is 5.49. The van der Waals surface area contributed by atoms with Crippen LogP contribution in [0.1, 0.15) is 10.4 Å². The summed E-state index contributed by atoms with van der Waals surface area (Å²) >= 11 is 8.62. The van der Waals surface area contributed by atoms with E-state index >= 15 is 0 Å². The molecule has 3 aromatic rings. The monoisotopic (exact) mass is 359 g/mol. The van der Waals surface area contributed by atoms with Crippen LogP contribution in [0.2, 0.25) is 0 Å². The molecule has 1 heterocycles. The van der Waals surface area contributed by atoms with E-state index in [1.54, 1.807) is 18.3 Å². The van der Waals surface area contributed by atoms with Crippen LogP contribution >= 0.6 is 27.8 Å². The number of pyridine rings is 1. The minimum atomic E-state index is -0.564. The predicted octanol–water partition coefficient (Wildman–Crippen LogP) is 3.81. The quantitative estimate of drug-likeness (QED) is 0.489. The van der Waals surface area contributed by atoms with Crippen molar-refractivity contribution < 1.29 is 9.08 Å². The zero-order valence-corrected chi connectivity index (χ0v) is 11.9. The van der Waals surface area contributed by atoms with E-state index in [-0.39, 0.29) is 29.6 Å². The summed E-state index contributed by atoms with van der Waals surface area (Å²) in [7, 11) is 0. The van der Waals surface area contributed by atoms with Crippen LogP contribution in [0.4, 0.5) is 0 Å². The molecule has 0 saturated heterocycles. The molecule has 1 aromatic heterocycles. The predicted molar refractivity (Wildman–Crippen MR) is 85.4 cm³/mol. The summed E-state index contributed by atoms with van der Waals surface area (Å²) < 4.78 is 5.16. The first kappa shape index (κ1) is 15.7. The summed E-state index contributed by atoms with van der Waals surface area (Å²) in [6.07, 6.45) is 3.56. The van der Waals surface area contributed by atoms with E-state index in [0.717, 1.165) is 26.0 Å². The van der Waals surface area contributed by atoms with Gasteiger partial charge in [-0.05, 0) is 40.4 Å². The molecule has 0 aliphatic carbocycles. The van der Waals surface area contributed by atoms with Crippen molar-refractivity contribution in [3.63, 3.8) is 0 Å². The molecular formula is C14H8BrClNNaO2. The Balaban J connectivity index is 0.00000147. The van der Waals surface area contributed by atoms with Gasteiger partial charge >= 0.3 is 35.5 Å². The standard InChI is InChI=1S/C14H7BrClNO2.Na.H/c15-13-6-9-5-8(14(18)19-16)1-2-10(9)12-7-17-4-3-11(12)13;;/h1-7H;;. The van der Waals surface area contributed by atoms with E-state index < -0.39 is 5.97 Å². The van der Waals surface area contributed by atoms with Gasteiger partial charge in [0, 0.05) is 22.3 Å². The third-order valence-electron chi connectivity index (χ3n) is 3.01. The van der Waals surface area contributed by atoms with Gasteiger partial charge in [0.2, 0.25) is 0 Å². The molecular weight excluding hydrogens is 353 g/mol. The summed E-state index contributed by atoms with van der Waals surface area (Å²) in [5.41, 5.74) is 0.414. The van der Waals surface area contributed by atoms with Crippen LogP contribution in [0.3, 0.4) is 0 Å². The van der Waals surface area contributed by atoms with Crippen molar-refractivity contribution in [2.75, 3.05) is 0 Å². The maximum absolute atomic E-state index is 11.4. The van der Waals surface area contributed by atoms with E-state index in [1.165, 1.54) is 0 Å². The van der Waals surface area contributed by atoms with Crippen molar-refractivity contribution in [2.24, 2.45) is 0 Å². The number of hydrogen-bond donors (Lipinski definition) is 0. The first-order valence-corrected chi connectivity index (χ1v) is 6.60. The summed E-state index contributed by atoms with van der Waals surface area (Å²) in [4.78, 5) is 15.6. The molecule has 0 unspecified atom stereocenters. The van der Waals surface area contributed by atoms with Gasteiger partial charge in [-0.3, -0.25) is 4.98 Å². The average molecular weight is 361 g/mol. The van der Waals surface area contributed by atoms with E-state index in [2.05, 4.69) is 25.2 Å². The molecule has 0 N–H and O–H groups in total. The topological polar surface area (TPSA) is 39.2 Å². The van der Waals surface area contributed by atoms with Gasteiger partial charge in [0.25, 0.3) is 0 Å². The van der Waals surface area contributed by atoms with Crippen molar-refractivity contribution in [3.8, 4) is 0 Å². The third-order valence-corrected chi connectivity index (χ3v) is 3.80. The molecule has 0 spiro atoms. The Morgan fingerprint density at radius 3 is 2.70 bits per heavy atom. The number of hydrogen-bond acceptors (Lipinski definition) is 3. The second kappa shape index (κ2) is 6.41. The van der Waals surface area contributed by atoms with Crippen molar-refractivity contribution in [1.29, 1.82) is 0 Å². The molecule has 0 amide bonds. The van der Waals surface area contributed by atoms with Crippen molar-refractivity contribution in [1.82, 2.24) is 4.98 Å². The van der Waals surface area contributed by atoms with Crippen LogP contribution in [-0.4, -0.2) is 40.5 Å². The Morgan fingerprint density at radius 1 is 1.15 bits per heavy atom. The number of halogens is 2. The SMILES string of the molecule is O=C(OCl)c1ccc2c(c1)cc(Br)c1ccncc12.[NaH]. The van der Waals surface area contributed by atoms with E-state index in [0.29, 0.717) is 5.56 Å². The molecule has 0 atom stereocenters. The summed E-state index contributed by atoms with van der Waals surface area (Å²) in [6, 6.07) is 9.21. The molecule has 0 fully saturated rings. The van der Waals surface area contributed by atoms with Crippen LogP contribution in [0.15, 0.2) is 47.2 Å². The number of rotatable bonds is 1. The Labute approximate surface area is 150 Å². The average Bonchev–Trinajstić information content (AvgIpc) is 2.46. The maximum atomic E-state index is 11.4.